The lowest BCUT2D eigenvalue weighted by molar-refractivity contribution is -0.128. The third-order valence-electron chi connectivity index (χ3n) is 9.11. The molecule has 1 saturated heterocycles. The monoisotopic (exact) mass is 580 g/mol. The van der Waals surface area contributed by atoms with Gasteiger partial charge in [-0.3, -0.25) is 14.4 Å². The van der Waals surface area contributed by atoms with Gasteiger partial charge < -0.3 is 10.2 Å². The molecule has 42 heavy (non-hydrogen) atoms. The maximum absolute atomic E-state index is 14.9. The second kappa shape index (κ2) is 9.95. The number of para-hydroxylation sites is 1. The number of Topliss-reactive ketones (excluding diaryl/α,β-unsaturated/α-hetero) is 2. The van der Waals surface area contributed by atoms with E-state index in [0.29, 0.717) is 22.2 Å². The Balaban J connectivity index is 1.64. The van der Waals surface area contributed by atoms with Gasteiger partial charge in [-0.05, 0) is 60.2 Å². The number of carbonyl (C=O) groups excluding carboxylic acids is 3. The third kappa shape index (κ3) is 4.16. The quantitative estimate of drug-likeness (QED) is 0.317. The highest BCUT2D eigenvalue weighted by molar-refractivity contribution is 6.31. The number of nitrogens with zero attached hydrogens (tertiary/aromatic N) is 1. The van der Waals surface area contributed by atoms with E-state index in [0.717, 1.165) is 34.4 Å². The van der Waals surface area contributed by atoms with Crippen molar-refractivity contribution >= 4 is 46.0 Å². The van der Waals surface area contributed by atoms with Gasteiger partial charge in [0.05, 0.1) is 12.0 Å². The molecule has 1 N–H and O–H groups in total. The molecule has 1 fully saturated rings. The molecule has 3 aromatic rings. The molecule has 3 heterocycles. The van der Waals surface area contributed by atoms with Crippen LogP contribution in [0.1, 0.15) is 68.6 Å². The standard InChI is InChI=1S/C36H37ClN2O3/c1-20(2)17-22-11-13-23(14-12-22)32(40)30-31(33(41)35(4,5)6)39-28-16-15-24(37)19-25(28)21(3)18-29(39)36(30)26-9-7-8-10-27(26)38-34(36)42/h7-16,18-20,29-31H,17H2,1-6H3,(H,38,42)/t29-,30+,31-,36+/m0/s1. The van der Waals surface area contributed by atoms with E-state index in [-0.39, 0.29) is 17.5 Å². The smallest absolute Gasteiger partial charge is 0.238 e. The molecule has 1 amide bonds. The normalized spacial score (nSPS) is 24.3. The second-order valence-corrected chi connectivity index (χ2v) is 13.9. The highest BCUT2D eigenvalue weighted by atomic mass is 35.5. The second-order valence-electron chi connectivity index (χ2n) is 13.4. The number of rotatable bonds is 5. The van der Waals surface area contributed by atoms with Crippen LogP contribution < -0.4 is 10.2 Å². The minimum absolute atomic E-state index is 0.0785. The number of benzene rings is 3. The van der Waals surface area contributed by atoms with Gasteiger partial charge in [0.2, 0.25) is 5.91 Å². The molecule has 216 valence electrons. The molecule has 3 aromatic carbocycles. The molecule has 6 rings (SSSR count). The molecule has 0 aromatic heterocycles. The van der Waals surface area contributed by atoms with Gasteiger partial charge in [0, 0.05) is 32.9 Å². The molecule has 6 heteroatoms. The zero-order valence-electron chi connectivity index (χ0n) is 25.0. The van der Waals surface area contributed by atoms with E-state index < -0.39 is 28.8 Å². The largest absolute Gasteiger partial charge is 0.352 e. The lowest BCUT2D eigenvalue weighted by Gasteiger charge is -2.40. The van der Waals surface area contributed by atoms with Crippen LogP contribution in [-0.2, 0) is 21.4 Å². The van der Waals surface area contributed by atoms with Gasteiger partial charge in [0.15, 0.2) is 11.6 Å². The van der Waals surface area contributed by atoms with Gasteiger partial charge in [-0.2, -0.15) is 0 Å². The minimum atomic E-state index is -1.31. The van der Waals surface area contributed by atoms with E-state index in [2.05, 4.69) is 25.2 Å². The fraction of sp³-hybridized carbons (Fsp3) is 0.361. The van der Waals surface area contributed by atoms with Crippen LogP contribution in [0.2, 0.25) is 5.02 Å². The Labute approximate surface area is 253 Å². The number of hydrogen-bond acceptors (Lipinski definition) is 4. The van der Waals surface area contributed by atoms with E-state index >= 15 is 0 Å². The maximum Gasteiger partial charge on any atom is 0.238 e. The molecule has 0 unspecified atom stereocenters. The first-order valence-corrected chi connectivity index (χ1v) is 15.1. The predicted molar refractivity (Wildman–Crippen MR) is 169 cm³/mol. The third-order valence-corrected chi connectivity index (χ3v) is 9.35. The van der Waals surface area contributed by atoms with E-state index in [9.17, 15) is 14.4 Å². The van der Waals surface area contributed by atoms with E-state index in [1.54, 1.807) is 0 Å². The molecule has 3 aliphatic heterocycles. The van der Waals surface area contributed by atoms with Gasteiger partial charge in [0.1, 0.15) is 11.5 Å². The summed E-state index contributed by atoms with van der Waals surface area (Å²) >= 11 is 6.44. The number of halogens is 1. The van der Waals surface area contributed by atoms with Crippen molar-refractivity contribution < 1.29 is 14.4 Å². The van der Waals surface area contributed by atoms with Gasteiger partial charge in [-0.25, -0.2) is 0 Å². The first kappa shape index (κ1) is 28.4. The lowest BCUT2D eigenvalue weighted by Crippen LogP contribution is -2.51. The summed E-state index contributed by atoms with van der Waals surface area (Å²) in [6, 6.07) is 19.5. The van der Waals surface area contributed by atoms with E-state index in [1.165, 1.54) is 0 Å². The van der Waals surface area contributed by atoms with Crippen LogP contribution in [0, 0.1) is 17.3 Å². The Hall–Kier alpha value is -3.70. The number of amides is 1. The van der Waals surface area contributed by atoms with Crippen LogP contribution >= 0.6 is 11.6 Å². The first-order valence-electron chi connectivity index (χ1n) is 14.7. The molecular formula is C36H37ClN2O3. The van der Waals surface area contributed by atoms with Crippen molar-refractivity contribution in [3.05, 3.63) is 100 Å². The minimum Gasteiger partial charge on any atom is -0.352 e. The molecule has 5 nitrogen and oxygen atoms in total. The van der Waals surface area contributed by atoms with Crippen molar-refractivity contribution in [3.8, 4) is 0 Å². The number of anilines is 2. The lowest BCUT2D eigenvalue weighted by atomic mass is 9.63. The summed E-state index contributed by atoms with van der Waals surface area (Å²) in [5.74, 6) is -1.00. The van der Waals surface area contributed by atoms with Gasteiger partial charge in [0.25, 0.3) is 0 Å². The SMILES string of the molecule is CC1=C[C@@H]2N(c3ccc(Cl)cc31)[C@H](C(=O)C(C)(C)C)[C@H](C(=O)c1ccc(CC(C)C)cc1)[C@]21C(=O)Nc2ccccc21. The van der Waals surface area contributed by atoms with Crippen molar-refractivity contribution in [2.45, 2.75) is 65.5 Å². The summed E-state index contributed by atoms with van der Waals surface area (Å²) in [7, 11) is 0. The Morgan fingerprint density at radius 3 is 2.38 bits per heavy atom. The number of nitrogens with one attached hydrogen (secondary N) is 1. The Morgan fingerprint density at radius 2 is 1.71 bits per heavy atom. The van der Waals surface area contributed by atoms with Crippen LogP contribution in [-0.4, -0.2) is 29.6 Å². The summed E-state index contributed by atoms with van der Waals surface area (Å²) < 4.78 is 0. The zero-order chi connectivity index (χ0) is 30.1. The van der Waals surface area contributed by atoms with Crippen LogP contribution in [0.15, 0.2) is 72.8 Å². The van der Waals surface area contributed by atoms with Crippen LogP contribution in [0.3, 0.4) is 0 Å². The number of carbonyl (C=O) groups is 3. The molecule has 0 radical (unpaired) electrons. The number of fused-ring (bicyclic) bond motifs is 6. The fourth-order valence-corrected chi connectivity index (χ4v) is 7.48. The van der Waals surface area contributed by atoms with Gasteiger partial charge in [-0.1, -0.05) is 94.8 Å². The number of hydrogen-bond donors (Lipinski definition) is 1. The van der Waals surface area contributed by atoms with E-state index in [1.807, 2.05) is 99.3 Å². The average Bonchev–Trinajstić information content (AvgIpc) is 3.40. The summed E-state index contributed by atoms with van der Waals surface area (Å²) in [6.45, 7) is 12.0. The Morgan fingerprint density at radius 1 is 1.02 bits per heavy atom. The summed E-state index contributed by atoms with van der Waals surface area (Å²) in [4.78, 5) is 46.0. The van der Waals surface area contributed by atoms with Gasteiger partial charge in [-0.15, -0.1) is 0 Å². The molecule has 1 spiro atoms. The van der Waals surface area contributed by atoms with Crippen molar-refractivity contribution in [3.63, 3.8) is 0 Å². The van der Waals surface area contributed by atoms with Crippen molar-refractivity contribution in [1.29, 1.82) is 0 Å². The molecule has 4 atom stereocenters. The molecular weight excluding hydrogens is 544 g/mol. The topological polar surface area (TPSA) is 66.5 Å². The van der Waals surface area contributed by atoms with Crippen molar-refractivity contribution in [2.24, 2.45) is 17.3 Å². The summed E-state index contributed by atoms with van der Waals surface area (Å²) in [6.07, 6.45) is 2.96. The zero-order valence-corrected chi connectivity index (χ0v) is 25.8. The Kier molecular flexibility index (Phi) is 6.73. The molecule has 0 bridgehead atoms. The van der Waals surface area contributed by atoms with Gasteiger partial charge >= 0.3 is 0 Å². The molecule has 0 aliphatic carbocycles. The van der Waals surface area contributed by atoms with Crippen LogP contribution in [0.25, 0.3) is 5.57 Å². The number of ketones is 2. The molecule has 0 saturated carbocycles. The first-order chi connectivity index (χ1) is 19.9. The highest BCUT2D eigenvalue weighted by Crippen LogP contribution is 2.59. The summed E-state index contributed by atoms with van der Waals surface area (Å²) in [5, 5.41) is 3.69. The molecule has 3 aliphatic rings. The highest BCUT2D eigenvalue weighted by Gasteiger charge is 2.71. The average molecular weight is 581 g/mol. The van der Waals surface area contributed by atoms with Crippen molar-refractivity contribution in [1.82, 2.24) is 0 Å². The Bertz CT molecular complexity index is 1650. The number of allylic oxidation sites excluding steroid dienone is 1. The predicted octanol–water partition coefficient (Wildman–Crippen LogP) is 7.52. The van der Waals surface area contributed by atoms with Crippen LogP contribution in [0.5, 0.6) is 0 Å². The fourth-order valence-electron chi connectivity index (χ4n) is 7.30. The van der Waals surface area contributed by atoms with Crippen molar-refractivity contribution in [2.75, 3.05) is 10.2 Å². The summed E-state index contributed by atoms with van der Waals surface area (Å²) in [5.41, 5.74) is 3.69. The van der Waals surface area contributed by atoms with Crippen LogP contribution in [0.4, 0.5) is 11.4 Å². The van der Waals surface area contributed by atoms with E-state index in [4.69, 9.17) is 11.6 Å². The maximum atomic E-state index is 14.9.